The van der Waals surface area contributed by atoms with E-state index in [-0.39, 0.29) is 23.5 Å². The molecule has 1 aromatic carbocycles. The van der Waals surface area contributed by atoms with Crippen molar-refractivity contribution in [1.82, 2.24) is 25.9 Å². The number of aliphatic imine (C=N–C) groups is 1. The van der Waals surface area contributed by atoms with Crippen molar-refractivity contribution in [1.29, 1.82) is 0 Å². The average molecular weight is 478 g/mol. The molecule has 34 heavy (non-hydrogen) atoms. The monoisotopic (exact) mass is 477 g/mol. The summed E-state index contributed by atoms with van der Waals surface area (Å²) in [7, 11) is 0. The number of anilines is 1. The highest BCUT2D eigenvalue weighted by Gasteiger charge is 2.26. The van der Waals surface area contributed by atoms with E-state index in [0.717, 1.165) is 10.5 Å². The number of aromatic amines is 1. The number of rotatable bonds is 8. The van der Waals surface area contributed by atoms with Crippen LogP contribution in [0.25, 0.3) is 0 Å². The molecule has 1 atom stereocenters. The molecule has 11 nitrogen and oxygen atoms in total. The fourth-order valence-corrected chi connectivity index (χ4v) is 4.26. The van der Waals surface area contributed by atoms with Gasteiger partial charge in [0.15, 0.2) is 11.6 Å². The first-order valence-corrected chi connectivity index (χ1v) is 11.2. The van der Waals surface area contributed by atoms with Crippen LogP contribution in [0.4, 0.5) is 5.69 Å². The zero-order chi connectivity index (χ0) is 24.1. The Bertz CT molecular complexity index is 1230. The summed E-state index contributed by atoms with van der Waals surface area (Å²) < 4.78 is 0. The maximum atomic E-state index is 11.9. The number of nitrogens with one attached hydrogen (secondary N) is 2. The highest BCUT2D eigenvalue weighted by Crippen LogP contribution is 2.25. The molecule has 0 bridgehead atoms. The van der Waals surface area contributed by atoms with Crippen LogP contribution in [0, 0.1) is 0 Å². The lowest BCUT2D eigenvalue weighted by molar-refractivity contribution is -0.120. The number of amides is 3. The van der Waals surface area contributed by atoms with Crippen molar-refractivity contribution < 1.29 is 19.2 Å². The van der Waals surface area contributed by atoms with Gasteiger partial charge < -0.3 is 5.32 Å². The molecular formula is C22H19N7O4S. The lowest BCUT2D eigenvalue weighted by Crippen LogP contribution is -2.29. The minimum absolute atomic E-state index is 0.159. The van der Waals surface area contributed by atoms with Gasteiger partial charge in [-0.25, -0.2) is 9.89 Å². The molecule has 4 rings (SSSR count). The number of tetrazole rings is 1. The van der Waals surface area contributed by atoms with E-state index in [0.29, 0.717) is 34.4 Å². The Morgan fingerprint density at radius 2 is 1.85 bits per heavy atom. The molecular weight excluding hydrogens is 458 g/mol. The van der Waals surface area contributed by atoms with Crippen LogP contribution >= 0.6 is 11.8 Å². The van der Waals surface area contributed by atoms with Crippen molar-refractivity contribution in [2.24, 2.45) is 4.99 Å². The molecule has 2 aliphatic rings. The molecule has 12 heteroatoms. The molecule has 1 unspecified atom stereocenters. The highest BCUT2D eigenvalue weighted by atomic mass is 32.2. The van der Waals surface area contributed by atoms with Crippen LogP contribution in [0.1, 0.15) is 24.4 Å². The summed E-state index contributed by atoms with van der Waals surface area (Å²) in [5.74, 6) is -0.290. The van der Waals surface area contributed by atoms with Crippen LogP contribution in [0.3, 0.4) is 0 Å². The second-order valence-corrected chi connectivity index (χ2v) is 8.34. The molecule has 0 radical (unpaired) electrons. The van der Waals surface area contributed by atoms with Gasteiger partial charge in [0, 0.05) is 42.4 Å². The summed E-state index contributed by atoms with van der Waals surface area (Å²) in [6.45, 7) is 1.86. The maximum Gasteiger partial charge on any atom is 0.258 e. The maximum absolute atomic E-state index is 11.9. The second kappa shape index (κ2) is 10.3. The third-order valence-corrected chi connectivity index (χ3v) is 5.88. The van der Waals surface area contributed by atoms with E-state index < -0.39 is 6.04 Å². The van der Waals surface area contributed by atoms with Crippen LogP contribution in [-0.4, -0.2) is 62.1 Å². The molecule has 1 aromatic heterocycles. The van der Waals surface area contributed by atoms with E-state index in [2.05, 4.69) is 30.9 Å². The van der Waals surface area contributed by atoms with E-state index >= 15 is 0 Å². The van der Waals surface area contributed by atoms with Gasteiger partial charge in [0.1, 0.15) is 0 Å². The number of carbonyl (C=O) groups excluding carboxylic acids is 4. The number of hydrogen-bond donors (Lipinski definition) is 2. The topological polar surface area (TPSA) is 150 Å². The van der Waals surface area contributed by atoms with Crippen molar-refractivity contribution >= 4 is 46.7 Å². The Labute approximate surface area is 198 Å². The fraction of sp³-hybridized carbons (Fsp3) is 0.182. The zero-order valence-corrected chi connectivity index (χ0v) is 18.8. The lowest BCUT2D eigenvalue weighted by atomic mass is 10.1. The standard InChI is InChI=1S/C22H19N7O4S/c1-13(30)24-17-7-6-16(31)12-18(17)34-11-10-23-21(22-25-27-28-26-22)14-2-4-15(5-3-14)29-19(32)8-9-20(29)33/h2-9,12,21,23H,10-11H2,1H3,(H,25,26,27,28). The molecule has 0 fully saturated rings. The van der Waals surface area contributed by atoms with E-state index in [1.165, 1.54) is 49.1 Å². The summed E-state index contributed by atoms with van der Waals surface area (Å²) in [6.07, 6.45) is 6.83. The van der Waals surface area contributed by atoms with Gasteiger partial charge in [0.05, 0.1) is 17.4 Å². The van der Waals surface area contributed by atoms with Gasteiger partial charge >= 0.3 is 0 Å². The molecule has 2 aromatic rings. The van der Waals surface area contributed by atoms with Crippen molar-refractivity contribution in [3.8, 4) is 0 Å². The second-order valence-electron chi connectivity index (χ2n) is 7.20. The molecule has 1 aliphatic heterocycles. The summed E-state index contributed by atoms with van der Waals surface area (Å²) in [4.78, 5) is 52.6. The van der Waals surface area contributed by atoms with E-state index in [4.69, 9.17) is 0 Å². The third-order valence-electron chi connectivity index (χ3n) is 4.83. The average Bonchev–Trinajstić information content (AvgIpc) is 3.45. The van der Waals surface area contributed by atoms with Gasteiger partial charge in [0.2, 0.25) is 5.91 Å². The minimum Gasteiger partial charge on any atom is -0.303 e. The molecule has 1 aliphatic carbocycles. The number of thioether (sulfide) groups is 1. The molecule has 2 N–H and O–H groups in total. The fourth-order valence-electron chi connectivity index (χ4n) is 3.36. The molecule has 0 spiro atoms. The third kappa shape index (κ3) is 5.30. The molecule has 0 saturated heterocycles. The van der Waals surface area contributed by atoms with Gasteiger partial charge in [-0.2, -0.15) is 5.21 Å². The van der Waals surface area contributed by atoms with Crippen molar-refractivity contribution in [3.63, 3.8) is 0 Å². The Hall–Kier alpha value is -4.03. The smallest absolute Gasteiger partial charge is 0.258 e. The number of ketones is 1. The van der Waals surface area contributed by atoms with Crippen LogP contribution in [0.15, 0.2) is 64.5 Å². The van der Waals surface area contributed by atoms with Crippen LogP contribution < -0.4 is 10.2 Å². The summed E-state index contributed by atoms with van der Waals surface area (Å²) in [6, 6.07) is 6.50. The number of carbonyl (C=O) groups is 4. The number of hydrogen-bond acceptors (Lipinski definition) is 9. The Balaban J connectivity index is 1.43. The Morgan fingerprint density at radius 3 is 2.50 bits per heavy atom. The Morgan fingerprint density at radius 1 is 1.12 bits per heavy atom. The summed E-state index contributed by atoms with van der Waals surface area (Å²) >= 11 is 1.40. The SMILES string of the molecule is CC(=O)N=C1C=CC(=O)C=C1SCCNC(c1ccc(N2C(=O)C=CC2=O)cc1)c1nn[nH]n1. The van der Waals surface area contributed by atoms with E-state index in [1.807, 2.05) is 0 Å². The Kier molecular flexibility index (Phi) is 6.99. The van der Waals surface area contributed by atoms with Gasteiger partial charge in [-0.15, -0.1) is 22.0 Å². The summed E-state index contributed by atoms with van der Waals surface area (Å²) in [5, 5.41) is 17.6. The zero-order valence-electron chi connectivity index (χ0n) is 18.0. The van der Waals surface area contributed by atoms with Crippen molar-refractivity contribution in [3.05, 3.63) is 70.9 Å². The largest absolute Gasteiger partial charge is 0.303 e. The number of H-pyrrole nitrogens is 1. The van der Waals surface area contributed by atoms with Crippen LogP contribution in [0.5, 0.6) is 0 Å². The normalized spacial score (nSPS) is 17.6. The van der Waals surface area contributed by atoms with Gasteiger partial charge in [0.25, 0.3) is 11.8 Å². The predicted octanol–water partition coefficient (Wildman–Crippen LogP) is 1.05. The van der Waals surface area contributed by atoms with E-state index in [9.17, 15) is 19.2 Å². The first-order chi connectivity index (χ1) is 16.4. The van der Waals surface area contributed by atoms with Gasteiger partial charge in [-0.3, -0.25) is 19.2 Å². The first-order valence-electron chi connectivity index (χ1n) is 10.2. The quantitative estimate of drug-likeness (QED) is 0.323. The summed E-state index contributed by atoms with van der Waals surface area (Å²) in [5.41, 5.74) is 1.73. The molecule has 2 heterocycles. The van der Waals surface area contributed by atoms with Gasteiger partial charge in [-0.1, -0.05) is 17.3 Å². The first kappa shape index (κ1) is 23.1. The predicted molar refractivity (Wildman–Crippen MR) is 125 cm³/mol. The number of imide groups is 1. The minimum atomic E-state index is -0.413. The number of aromatic nitrogens is 4. The number of benzene rings is 1. The van der Waals surface area contributed by atoms with Gasteiger partial charge in [-0.05, 0) is 29.8 Å². The van der Waals surface area contributed by atoms with E-state index in [1.54, 1.807) is 24.3 Å². The lowest BCUT2D eigenvalue weighted by Gasteiger charge is -2.18. The van der Waals surface area contributed by atoms with Crippen molar-refractivity contribution in [2.45, 2.75) is 13.0 Å². The van der Waals surface area contributed by atoms with Crippen LogP contribution in [0.2, 0.25) is 0 Å². The van der Waals surface area contributed by atoms with Crippen LogP contribution in [-0.2, 0) is 19.2 Å². The highest BCUT2D eigenvalue weighted by molar-refractivity contribution is 8.04. The number of allylic oxidation sites excluding steroid dienone is 4. The molecule has 172 valence electrons. The van der Waals surface area contributed by atoms with Crippen molar-refractivity contribution in [2.75, 3.05) is 17.2 Å². The molecule has 0 saturated carbocycles. The number of nitrogens with zero attached hydrogens (tertiary/aromatic N) is 5. The molecule has 3 amide bonds.